The minimum Gasteiger partial charge on any atom is -0.356 e. The van der Waals surface area contributed by atoms with E-state index in [1.54, 1.807) is 12.1 Å². The number of hydrogen-bond donors (Lipinski definition) is 3. The van der Waals surface area contributed by atoms with Crippen LogP contribution in [-0.4, -0.2) is 36.3 Å². The Morgan fingerprint density at radius 1 is 1.25 bits per heavy atom. The second-order valence-electron chi connectivity index (χ2n) is 5.89. The Balaban J connectivity index is 1.49. The number of aryl methyl sites for hydroxylation is 1. The molecular weight excluding hydrogens is 330 g/mol. The highest BCUT2D eigenvalue weighted by molar-refractivity contribution is 7.89. The van der Waals surface area contributed by atoms with Crippen LogP contribution in [0, 0.1) is 5.92 Å². The number of carbonyl (C=O) groups excluding carboxylic acids is 1. The van der Waals surface area contributed by atoms with E-state index in [4.69, 9.17) is 5.14 Å². The normalized spacial score (nSPS) is 17.3. The standard InChI is InChI=1S/C15H19N5O3S/c16-24(22,23)12-4-1-10(2-5-12)7-8-17-15(21)11-3-6-13-14(9-11)19-20-18-13/h1-2,4-5,11H,3,6-9H2,(H,17,21)(H2,16,22,23)(H,18,19,20). The third-order valence-corrected chi connectivity index (χ3v) is 5.14. The number of nitrogens with one attached hydrogen (secondary N) is 2. The highest BCUT2D eigenvalue weighted by Crippen LogP contribution is 2.22. The number of sulfonamides is 1. The number of carbonyl (C=O) groups is 1. The molecule has 1 aromatic heterocycles. The van der Waals surface area contributed by atoms with Gasteiger partial charge in [0.2, 0.25) is 15.9 Å². The molecule has 1 heterocycles. The lowest BCUT2D eigenvalue weighted by atomic mass is 9.89. The van der Waals surface area contributed by atoms with Crippen molar-refractivity contribution in [2.75, 3.05) is 6.54 Å². The van der Waals surface area contributed by atoms with Crippen LogP contribution in [0.4, 0.5) is 0 Å². The Morgan fingerprint density at radius 3 is 2.67 bits per heavy atom. The van der Waals surface area contributed by atoms with E-state index in [1.165, 1.54) is 12.1 Å². The minimum absolute atomic E-state index is 0.0183. The van der Waals surface area contributed by atoms with Gasteiger partial charge in [-0.3, -0.25) is 4.79 Å². The van der Waals surface area contributed by atoms with E-state index >= 15 is 0 Å². The van der Waals surface area contributed by atoms with E-state index in [-0.39, 0.29) is 16.7 Å². The highest BCUT2D eigenvalue weighted by atomic mass is 32.2. The second kappa shape index (κ2) is 6.70. The second-order valence-corrected chi connectivity index (χ2v) is 7.45. The Bertz CT molecular complexity index is 829. The maximum atomic E-state index is 12.2. The predicted octanol–water partition coefficient (Wildman–Crippen LogP) is -0.0841. The molecule has 0 bridgehead atoms. The number of nitrogens with zero attached hydrogens (tertiary/aromatic N) is 2. The van der Waals surface area contributed by atoms with Gasteiger partial charge in [-0.1, -0.05) is 12.1 Å². The molecule has 128 valence electrons. The maximum Gasteiger partial charge on any atom is 0.238 e. The number of amides is 1. The zero-order valence-electron chi connectivity index (χ0n) is 13.0. The van der Waals surface area contributed by atoms with Crippen LogP contribution in [0.25, 0.3) is 0 Å². The van der Waals surface area contributed by atoms with Crippen molar-refractivity contribution in [3.63, 3.8) is 0 Å². The van der Waals surface area contributed by atoms with Gasteiger partial charge in [-0.05, 0) is 37.0 Å². The van der Waals surface area contributed by atoms with Gasteiger partial charge in [-0.25, -0.2) is 13.6 Å². The quantitative estimate of drug-likeness (QED) is 0.694. The molecule has 0 aliphatic heterocycles. The Morgan fingerprint density at radius 2 is 1.96 bits per heavy atom. The van der Waals surface area contributed by atoms with Crippen LogP contribution in [0.15, 0.2) is 29.2 Å². The summed E-state index contributed by atoms with van der Waals surface area (Å²) in [5, 5.41) is 18.7. The SMILES string of the molecule is NS(=O)(=O)c1ccc(CCNC(=O)C2CCc3n[nH]nc3C2)cc1. The van der Waals surface area contributed by atoms with Crippen LogP contribution in [-0.2, 0) is 34.1 Å². The average molecular weight is 349 g/mol. The van der Waals surface area contributed by atoms with Gasteiger partial charge in [0.15, 0.2) is 0 Å². The first-order valence-corrected chi connectivity index (χ1v) is 9.26. The number of fused-ring (bicyclic) bond motifs is 1. The number of H-pyrrole nitrogens is 1. The van der Waals surface area contributed by atoms with Crippen LogP contribution in [0.5, 0.6) is 0 Å². The van der Waals surface area contributed by atoms with Crippen LogP contribution in [0.1, 0.15) is 23.4 Å². The number of rotatable bonds is 5. The molecule has 0 radical (unpaired) electrons. The summed E-state index contributed by atoms with van der Waals surface area (Å²) in [6.45, 7) is 0.496. The topological polar surface area (TPSA) is 131 Å². The molecule has 8 nitrogen and oxygen atoms in total. The molecule has 0 saturated heterocycles. The van der Waals surface area contributed by atoms with Crippen molar-refractivity contribution in [2.24, 2.45) is 11.1 Å². The van der Waals surface area contributed by atoms with Gasteiger partial charge in [-0.2, -0.15) is 15.4 Å². The van der Waals surface area contributed by atoms with Gasteiger partial charge in [0.1, 0.15) is 0 Å². The van der Waals surface area contributed by atoms with Gasteiger partial charge in [0.05, 0.1) is 16.3 Å². The van der Waals surface area contributed by atoms with E-state index in [9.17, 15) is 13.2 Å². The molecule has 1 aromatic carbocycles. The van der Waals surface area contributed by atoms with Crippen molar-refractivity contribution in [3.05, 3.63) is 41.2 Å². The minimum atomic E-state index is -3.67. The molecule has 1 atom stereocenters. The molecule has 0 spiro atoms. The van der Waals surface area contributed by atoms with Crippen LogP contribution in [0.3, 0.4) is 0 Å². The van der Waals surface area contributed by atoms with Crippen molar-refractivity contribution in [3.8, 4) is 0 Å². The lowest BCUT2D eigenvalue weighted by Gasteiger charge is -2.19. The Labute approximate surface area is 139 Å². The summed E-state index contributed by atoms with van der Waals surface area (Å²) < 4.78 is 22.4. The van der Waals surface area contributed by atoms with Gasteiger partial charge in [0.25, 0.3) is 0 Å². The third kappa shape index (κ3) is 3.80. The number of nitrogens with two attached hydrogens (primary N) is 1. The maximum absolute atomic E-state index is 12.2. The number of aromatic amines is 1. The molecule has 9 heteroatoms. The van der Waals surface area contributed by atoms with E-state index in [0.717, 1.165) is 29.8 Å². The largest absolute Gasteiger partial charge is 0.356 e. The van der Waals surface area contributed by atoms with E-state index in [0.29, 0.717) is 19.4 Å². The average Bonchev–Trinajstić information content (AvgIpc) is 3.02. The van der Waals surface area contributed by atoms with E-state index in [1.807, 2.05) is 0 Å². The van der Waals surface area contributed by atoms with Gasteiger partial charge < -0.3 is 5.32 Å². The molecule has 1 aliphatic rings. The van der Waals surface area contributed by atoms with Gasteiger partial charge >= 0.3 is 0 Å². The zero-order chi connectivity index (χ0) is 17.2. The van der Waals surface area contributed by atoms with Crippen LogP contribution >= 0.6 is 0 Å². The van der Waals surface area contributed by atoms with Crippen molar-refractivity contribution >= 4 is 15.9 Å². The summed E-state index contributed by atoms with van der Waals surface area (Å²) >= 11 is 0. The molecule has 2 aromatic rings. The van der Waals surface area contributed by atoms with Gasteiger partial charge in [0, 0.05) is 18.9 Å². The first-order chi connectivity index (χ1) is 11.4. The molecule has 1 amide bonds. The fourth-order valence-corrected chi connectivity index (χ4v) is 3.34. The summed E-state index contributed by atoms with van der Waals surface area (Å²) in [7, 11) is -3.67. The van der Waals surface area contributed by atoms with E-state index < -0.39 is 10.0 Å². The molecular formula is C15H19N5O3S. The van der Waals surface area contributed by atoms with Crippen molar-refractivity contribution in [1.29, 1.82) is 0 Å². The summed E-state index contributed by atoms with van der Waals surface area (Å²) in [4.78, 5) is 12.3. The predicted molar refractivity (Wildman–Crippen MR) is 86.4 cm³/mol. The monoisotopic (exact) mass is 349 g/mol. The molecule has 3 rings (SSSR count). The third-order valence-electron chi connectivity index (χ3n) is 4.21. The molecule has 24 heavy (non-hydrogen) atoms. The summed E-state index contributed by atoms with van der Waals surface area (Å²) in [5.41, 5.74) is 2.76. The van der Waals surface area contributed by atoms with Crippen molar-refractivity contribution in [1.82, 2.24) is 20.7 Å². The number of hydrogen-bond acceptors (Lipinski definition) is 5. The summed E-state index contributed by atoms with van der Waals surface area (Å²) in [6, 6.07) is 6.35. The Kier molecular flexibility index (Phi) is 4.63. The van der Waals surface area contributed by atoms with E-state index in [2.05, 4.69) is 20.7 Å². The van der Waals surface area contributed by atoms with Crippen LogP contribution < -0.4 is 10.5 Å². The summed E-state index contributed by atoms with van der Waals surface area (Å²) in [6.07, 6.45) is 2.77. The first-order valence-electron chi connectivity index (χ1n) is 7.71. The fourth-order valence-electron chi connectivity index (χ4n) is 2.83. The fraction of sp³-hybridized carbons (Fsp3) is 0.400. The molecule has 1 aliphatic carbocycles. The van der Waals surface area contributed by atoms with Crippen molar-refractivity contribution in [2.45, 2.75) is 30.6 Å². The summed E-state index contributed by atoms with van der Waals surface area (Å²) in [5.74, 6) is -0.0582. The lowest BCUT2D eigenvalue weighted by Crippen LogP contribution is -2.35. The number of primary sulfonamides is 1. The molecule has 1 unspecified atom stereocenters. The number of aromatic nitrogens is 3. The van der Waals surface area contributed by atoms with Gasteiger partial charge in [-0.15, -0.1) is 0 Å². The first kappa shape index (κ1) is 16.6. The van der Waals surface area contributed by atoms with Crippen LogP contribution in [0.2, 0.25) is 0 Å². The molecule has 4 N–H and O–H groups in total. The lowest BCUT2D eigenvalue weighted by molar-refractivity contribution is -0.125. The molecule has 0 fully saturated rings. The Hall–Kier alpha value is -2.26. The zero-order valence-corrected chi connectivity index (χ0v) is 13.8. The van der Waals surface area contributed by atoms with Crippen molar-refractivity contribution < 1.29 is 13.2 Å². The molecule has 0 saturated carbocycles. The smallest absolute Gasteiger partial charge is 0.238 e. The number of benzene rings is 1. The highest BCUT2D eigenvalue weighted by Gasteiger charge is 2.26.